The van der Waals surface area contributed by atoms with Crippen molar-refractivity contribution >= 4 is 0 Å². The monoisotopic (exact) mass is 253 g/mol. The Morgan fingerprint density at radius 1 is 1.16 bits per heavy atom. The highest BCUT2D eigenvalue weighted by Crippen LogP contribution is 2.20. The highest BCUT2D eigenvalue weighted by molar-refractivity contribution is 5.60. The SMILES string of the molecule is CC#CCOc1ccc(-c2cccc(=O)n2C)cc1. The molecule has 0 unspecified atom stereocenters. The third kappa shape index (κ3) is 3.05. The molecule has 96 valence electrons. The summed E-state index contributed by atoms with van der Waals surface area (Å²) in [6.45, 7) is 2.17. The molecule has 1 aromatic heterocycles. The van der Waals surface area contributed by atoms with Crippen LogP contribution >= 0.6 is 0 Å². The van der Waals surface area contributed by atoms with Crippen molar-refractivity contribution in [2.24, 2.45) is 7.05 Å². The number of hydrogen-bond donors (Lipinski definition) is 0. The summed E-state index contributed by atoms with van der Waals surface area (Å²) in [7, 11) is 1.76. The second-order valence-corrected chi connectivity index (χ2v) is 4.05. The first kappa shape index (κ1) is 13.0. The number of nitrogens with zero attached hydrogens (tertiary/aromatic N) is 1. The molecule has 0 saturated heterocycles. The highest BCUT2D eigenvalue weighted by Gasteiger charge is 2.02. The molecule has 0 spiro atoms. The molecule has 1 heterocycles. The van der Waals surface area contributed by atoms with Gasteiger partial charge in [-0.25, -0.2) is 0 Å². The summed E-state index contributed by atoms with van der Waals surface area (Å²) < 4.78 is 7.07. The smallest absolute Gasteiger partial charge is 0.250 e. The van der Waals surface area contributed by atoms with E-state index in [9.17, 15) is 4.79 Å². The molecule has 0 aliphatic carbocycles. The van der Waals surface area contributed by atoms with Crippen molar-refractivity contribution in [3.8, 4) is 28.8 Å². The minimum absolute atomic E-state index is 0.0175. The first-order valence-corrected chi connectivity index (χ1v) is 6.01. The molecule has 2 aromatic rings. The molecule has 0 amide bonds. The van der Waals surface area contributed by atoms with E-state index >= 15 is 0 Å². The van der Waals surface area contributed by atoms with Crippen LogP contribution in [0.2, 0.25) is 0 Å². The van der Waals surface area contributed by atoms with Crippen LogP contribution < -0.4 is 10.3 Å². The number of benzene rings is 1. The number of pyridine rings is 1. The third-order valence-electron chi connectivity index (χ3n) is 2.82. The molecule has 0 bridgehead atoms. The summed E-state index contributed by atoms with van der Waals surface area (Å²) in [4.78, 5) is 11.6. The van der Waals surface area contributed by atoms with Crippen LogP contribution in [0.4, 0.5) is 0 Å². The summed E-state index contributed by atoms with van der Waals surface area (Å²) in [5, 5.41) is 0. The van der Waals surface area contributed by atoms with Gasteiger partial charge in [0.05, 0.1) is 5.69 Å². The van der Waals surface area contributed by atoms with Gasteiger partial charge in [-0.2, -0.15) is 0 Å². The van der Waals surface area contributed by atoms with Crippen molar-refractivity contribution in [1.29, 1.82) is 0 Å². The number of aromatic nitrogens is 1. The quantitative estimate of drug-likeness (QED) is 0.787. The van der Waals surface area contributed by atoms with Gasteiger partial charge in [0.1, 0.15) is 12.4 Å². The van der Waals surface area contributed by atoms with Crippen LogP contribution in [0.1, 0.15) is 6.92 Å². The molecule has 1 aromatic carbocycles. The van der Waals surface area contributed by atoms with Crippen LogP contribution in [0, 0.1) is 11.8 Å². The molecular formula is C16H15NO2. The zero-order chi connectivity index (χ0) is 13.7. The maximum atomic E-state index is 11.6. The Morgan fingerprint density at radius 2 is 1.89 bits per heavy atom. The molecule has 0 aliphatic heterocycles. The summed E-state index contributed by atoms with van der Waals surface area (Å²) in [5.41, 5.74) is 1.84. The van der Waals surface area contributed by atoms with Crippen LogP contribution in [0.15, 0.2) is 47.3 Å². The lowest BCUT2D eigenvalue weighted by atomic mass is 10.1. The first-order valence-electron chi connectivity index (χ1n) is 6.01. The summed E-state index contributed by atoms with van der Waals surface area (Å²) >= 11 is 0. The fraction of sp³-hybridized carbons (Fsp3) is 0.188. The van der Waals surface area contributed by atoms with Crippen molar-refractivity contribution < 1.29 is 4.74 Å². The molecule has 0 fully saturated rings. The second kappa shape index (κ2) is 5.92. The van der Waals surface area contributed by atoms with Gasteiger partial charge in [-0.3, -0.25) is 4.79 Å². The minimum atomic E-state index is -0.0175. The van der Waals surface area contributed by atoms with Crippen LogP contribution in [0.3, 0.4) is 0 Å². The van der Waals surface area contributed by atoms with E-state index in [2.05, 4.69) is 11.8 Å². The lowest BCUT2D eigenvalue weighted by Gasteiger charge is -2.08. The topological polar surface area (TPSA) is 31.2 Å². The summed E-state index contributed by atoms with van der Waals surface area (Å²) in [6.07, 6.45) is 0. The Hall–Kier alpha value is -2.47. The van der Waals surface area contributed by atoms with Gasteiger partial charge in [-0.1, -0.05) is 12.0 Å². The van der Waals surface area contributed by atoms with Crippen molar-refractivity contribution in [3.63, 3.8) is 0 Å². The molecule has 2 rings (SSSR count). The lowest BCUT2D eigenvalue weighted by Crippen LogP contribution is -2.16. The van der Waals surface area contributed by atoms with E-state index in [1.807, 2.05) is 30.3 Å². The van der Waals surface area contributed by atoms with E-state index in [1.54, 1.807) is 30.7 Å². The van der Waals surface area contributed by atoms with Gasteiger partial charge in [0, 0.05) is 13.1 Å². The number of ether oxygens (including phenoxy) is 1. The standard InChI is InChI=1S/C16H15NO2/c1-3-4-12-19-14-10-8-13(9-11-14)15-6-5-7-16(18)17(15)2/h5-11H,12H2,1-2H3. The molecule has 0 atom stereocenters. The van der Waals surface area contributed by atoms with Gasteiger partial charge in [0.15, 0.2) is 0 Å². The first-order chi connectivity index (χ1) is 9.22. The molecule has 3 nitrogen and oxygen atoms in total. The van der Waals surface area contributed by atoms with Crippen LogP contribution in [0.5, 0.6) is 5.75 Å². The minimum Gasteiger partial charge on any atom is -0.481 e. The van der Waals surface area contributed by atoms with Crippen molar-refractivity contribution in [1.82, 2.24) is 4.57 Å². The predicted molar refractivity (Wildman–Crippen MR) is 76.1 cm³/mol. The maximum Gasteiger partial charge on any atom is 0.250 e. The number of rotatable bonds is 3. The molecule has 19 heavy (non-hydrogen) atoms. The zero-order valence-corrected chi connectivity index (χ0v) is 11.0. The molecule has 0 radical (unpaired) electrons. The average Bonchev–Trinajstić information content (AvgIpc) is 2.43. The Morgan fingerprint density at radius 3 is 2.58 bits per heavy atom. The summed E-state index contributed by atoms with van der Waals surface area (Å²) in [5.74, 6) is 6.39. The normalized spacial score (nSPS) is 9.58. The van der Waals surface area contributed by atoms with E-state index in [4.69, 9.17) is 4.74 Å². The van der Waals surface area contributed by atoms with Crippen LogP contribution in [-0.2, 0) is 7.05 Å². The van der Waals surface area contributed by atoms with E-state index in [0.29, 0.717) is 6.61 Å². The fourth-order valence-corrected chi connectivity index (χ4v) is 1.77. The Kier molecular flexibility index (Phi) is 4.04. The summed E-state index contributed by atoms with van der Waals surface area (Å²) in [6, 6.07) is 12.9. The van der Waals surface area contributed by atoms with Gasteiger partial charge < -0.3 is 9.30 Å². The molecule has 0 N–H and O–H groups in total. The maximum absolute atomic E-state index is 11.6. The van der Waals surface area contributed by atoms with Crippen molar-refractivity contribution in [3.05, 3.63) is 52.8 Å². The van der Waals surface area contributed by atoms with Gasteiger partial charge in [0.2, 0.25) is 0 Å². The zero-order valence-electron chi connectivity index (χ0n) is 11.0. The van der Waals surface area contributed by atoms with Crippen molar-refractivity contribution in [2.45, 2.75) is 6.92 Å². The molecule has 0 aliphatic rings. The van der Waals surface area contributed by atoms with E-state index in [1.165, 1.54) is 0 Å². The Bertz CT molecular complexity index is 672. The predicted octanol–water partition coefficient (Wildman–Crippen LogP) is 2.45. The van der Waals surface area contributed by atoms with E-state index in [-0.39, 0.29) is 5.56 Å². The van der Waals surface area contributed by atoms with Gasteiger partial charge in [-0.15, -0.1) is 5.92 Å². The third-order valence-corrected chi connectivity index (χ3v) is 2.82. The number of hydrogen-bond acceptors (Lipinski definition) is 2. The Balaban J connectivity index is 2.24. The van der Waals surface area contributed by atoms with Crippen LogP contribution in [-0.4, -0.2) is 11.2 Å². The largest absolute Gasteiger partial charge is 0.481 e. The average molecular weight is 253 g/mol. The molecule has 3 heteroatoms. The van der Waals surface area contributed by atoms with Crippen LogP contribution in [0.25, 0.3) is 11.3 Å². The molecular weight excluding hydrogens is 238 g/mol. The van der Waals surface area contributed by atoms with Gasteiger partial charge in [0.25, 0.3) is 5.56 Å². The van der Waals surface area contributed by atoms with Gasteiger partial charge in [-0.05, 0) is 42.8 Å². The van der Waals surface area contributed by atoms with E-state index in [0.717, 1.165) is 17.0 Å². The van der Waals surface area contributed by atoms with Crippen molar-refractivity contribution in [2.75, 3.05) is 6.61 Å². The fourth-order valence-electron chi connectivity index (χ4n) is 1.77. The second-order valence-electron chi connectivity index (χ2n) is 4.05. The van der Waals surface area contributed by atoms with E-state index < -0.39 is 0 Å². The van der Waals surface area contributed by atoms with Gasteiger partial charge >= 0.3 is 0 Å². The lowest BCUT2D eigenvalue weighted by molar-refractivity contribution is 0.370. The molecule has 0 saturated carbocycles. The Labute approximate surface area is 112 Å². The highest BCUT2D eigenvalue weighted by atomic mass is 16.5.